The summed E-state index contributed by atoms with van der Waals surface area (Å²) in [6, 6.07) is 22.3. The van der Waals surface area contributed by atoms with Gasteiger partial charge in [0, 0.05) is 29.4 Å². The average Bonchev–Trinajstić information content (AvgIpc) is 2.86. The van der Waals surface area contributed by atoms with E-state index in [1.54, 1.807) is 6.20 Å². The quantitative estimate of drug-likeness (QED) is 0.278. The molecule has 0 atom stereocenters. The van der Waals surface area contributed by atoms with Crippen molar-refractivity contribution in [3.05, 3.63) is 114 Å². The van der Waals surface area contributed by atoms with E-state index >= 15 is 0 Å². The number of hydrogen-bond acceptors (Lipinski definition) is 4. The molecule has 166 valence electrons. The number of nitrogens with zero attached hydrogens (tertiary/aromatic N) is 2. The standard InChI is InChI=1S/C29H30N4/c1-5-24(18-21(2)19-30)22(3)33-28-16-11-15-27(25-12-7-6-8-13-25)29(28)23(4)32-20-26-14-9-10-17-31-26/h5-19,30,32H,4,20H2,1-3H3/b21-18-,24-5+,30-19?,33-22?. The highest BCUT2D eigenvalue weighted by Gasteiger charge is 2.14. The van der Waals surface area contributed by atoms with Crippen molar-refractivity contribution in [1.29, 1.82) is 5.41 Å². The van der Waals surface area contributed by atoms with Crippen molar-refractivity contribution in [3.8, 4) is 11.1 Å². The molecule has 0 saturated carbocycles. The van der Waals surface area contributed by atoms with Gasteiger partial charge in [-0.15, -0.1) is 0 Å². The van der Waals surface area contributed by atoms with Crippen molar-refractivity contribution in [2.45, 2.75) is 27.3 Å². The maximum atomic E-state index is 7.48. The molecule has 0 saturated heterocycles. The molecule has 0 radical (unpaired) electrons. The van der Waals surface area contributed by atoms with Crippen LogP contribution in [0.3, 0.4) is 0 Å². The number of pyridine rings is 1. The Balaban J connectivity index is 2.06. The van der Waals surface area contributed by atoms with Crippen LogP contribution in [-0.2, 0) is 6.54 Å². The molecule has 2 N–H and O–H groups in total. The number of nitrogens with one attached hydrogen (secondary N) is 2. The van der Waals surface area contributed by atoms with E-state index in [0.29, 0.717) is 6.54 Å². The third-order valence-corrected chi connectivity index (χ3v) is 5.27. The van der Waals surface area contributed by atoms with Crippen LogP contribution in [0.2, 0.25) is 0 Å². The summed E-state index contributed by atoms with van der Waals surface area (Å²) < 4.78 is 0. The van der Waals surface area contributed by atoms with Gasteiger partial charge in [0.25, 0.3) is 0 Å². The monoisotopic (exact) mass is 434 g/mol. The van der Waals surface area contributed by atoms with E-state index in [1.165, 1.54) is 6.21 Å². The van der Waals surface area contributed by atoms with Crippen LogP contribution in [0.5, 0.6) is 0 Å². The molecule has 1 heterocycles. The Morgan fingerprint density at radius 3 is 2.45 bits per heavy atom. The maximum Gasteiger partial charge on any atom is 0.0732 e. The van der Waals surface area contributed by atoms with Gasteiger partial charge in [0.2, 0.25) is 0 Å². The SMILES string of the molecule is C=C(NCc1ccccn1)c1c(N=C(C)C(/C=C(/C)C=N)=C/C)cccc1-c1ccccc1. The molecule has 0 aliphatic carbocycles. The van der Waals surface area contributed by atoms with Crippen molar-refractivity contribution in [2.24, 2.45) is 4.99 Å². The van der Waals surface area contributed by atoms with Crippen molar-refractivity contribution in [1.82, 2.24) is 10.3 Å². The van der Waals surface area contributed by atoms with Crippen LogP contribution in [-0.4, -0.2) is 16.9 Å². The van der Waals surface area contributed by atoms with Gasteiger partial charge >= 0.3 is 0 Å². The lowest BCUT2D eigenvalue weighted by molar-refractivity contribution is 0.855. The predicted octanol–water partition coefficient (Wildman–Crippen LogP) is 7.14. The first-order valence-electron chi connectivity index (χ1n) is 11.0. The minimum absolute atomic E-state index is 0.576. The van der Waals surface area contributed by atoms with Gasteiger partial charge in [-0.3, -0.25) is 9.98 Å². The fraction of sp³-hybridized carbons (Fsp3) is 0.138. The Bertz CT molecular complexity index is 1200. The van der Waals surface area contributed by atoms with Gasteiger partial charge in [0.05, 0.1) is 17.9 Å². The van der Waals surface area contributed by atoms with Crippen LogP contribution in [0.15, 0.2) is 108 Å². The first kappa shape index (κ1) is 23.6. The highest BCUT2D eigenvalue weighted by Crippen LogP contribution is 2.35. The summed E-state index contributed by atoms with van der Waals surface area (Å²) in [7, 11) is 0. The second-order valence-corrected chi connectivity index (χ2v) is 7.69. The van der Waals surface area contributed by atoms with Crippen LogP contribution in [0.25, 0.3) is 16.8 Å². The summed E-state index contributed by atoms with van der Waals surface area (Å²) in [5.74, 6) is 0. The third kappa shape index (κ3) is 6.23. The number of hydrogen-bond donors (Lipinski definition) is 2. The first-order valence-corrected chi connectivity index (χ1v) is 11.0. The van der Waals surface area contributed by atoms with Crippen LogP contribution < -0.4 is 5.32 Å². The first-order chi connectivity index (χ1) is 16.0. The number of aromatic nitrogens is 1. The molecule has 1 aromatic heterocycles. The Morgan fingerprint density at radius 2 is 1.79 bits per heavy atom. The summed E-state index contributed by atoms with van der Waals surface area (Å²) in [6.07, 6.45) is 7.13. The Kier molecular flexibility index (Phi) is 8.25. The van der Waals surface area contributed by atoms with Gasteiger partial charge in [-0.1, -0.05) is 61.2 Å². The second-order valence-electron chi connectivity index (χ2n) is 7.69. The van der Waals surface area contributed by atoms with Gasteiger partial charge in [0.1, 0.15) is 0 Å². The minimum atomic E-state index is 0.576. The zero-order valence-electron chi connectivity index (χ0n) is 19.5. The van der Waals surface area contributed by atoms with Crippen molar-refractivity contribution < 1.29 is 0 Å². The van der Waals surface area contributed by atoms with E-state index in [4.69, 9.17) is 10.4 Å². The highest BCUT2D eigenvalue weighted by molar-refractivity contribution is 6.04. The molecule has 2 aromatic carbocycles. The van der Waals surface area contributed by atoms with Crippen LogP contribution in [0, 0.1) is 5.41 Å². The van der Waals surface area contributed by atoms with E-state index < -0.39 is 0 Å². The van der Waals surface area contributed by atoms with Crippen LogP contribution in [0.4, 0.5) is 5.69 Å². The Morgan fingerprint density at radius 1 is 1.03 bits per heavy atom. The molecule has 0 fully saturated rings. The molecule has 0 spiro atoms. The summed E-state index contributed by atoms with van der Waals surface area (Å²) in [4.78, 5) is 9.39. The van der Waals surface area contributed by atoms with E-state index in [9.17, 15) is 0 Å². The topological polar surface area (TPSA) is 61.1 Å². The van der Waals surface area contributed by atoms with Crippen LogP contribution in [0.1, 0.15) is 32.0 Å². The molecule has 0 unspecified atom stereocenters. The van der Waals surface area contributed by atoms with Crippen molar-refractivity contribution in [2.75, 3.05) is 0 Å². The van der Waals surface area contributed by atoms with Gasteiger partial charge in [-0.25, -0.2) is 0 Å². The van der Waals surface area contributed by atoms with Crippen LogP contribution >= 0.6 is 0 Å². The van der Waals surface area contributed by atoms with Crippen molar-refractivity contribution in [3.63, 3.8) is 0 Å². The maximum absolute atomic E-state index is 7.48. The molecule has 4 heteroatoms. The van der Waals surface area contributed by atoms with Gasteiger partial charge in [-0.2, -0.15) is 0 Å². The molecule has 0 aliphatic rings. The summed E-state index contributed by atoms with van der Waals surface area (Å²) >= 11 is 0. The lowest BCUT2D eigenvalue weighted by Crippen LogP contribution is -2.13. The Hall–Kier alpha value is -4.05. The molecule has 4 nitrogen and oxygen atoms in total. The van der Waals surface area contributed by atoms with E-state index in [0.717, 1.165) is 50.6 Å². The summed E-state index contributed by atoms with van der Waals surface area (Å²) in [5.41, 5.74) is 8.44. The third-order valence-electron chi connectivity index (χ3n) is 5.27. The molecular weight excluding hydrogens is 404 g/mol. The highest BCUT2D eigenvalue weighted by atomic mass is 14.9. The number of benzene rings is 2. The van der Waals surface area contributed by atoms with Gasteiger partial charge < -0.3 is 10.7 Å². The molecule has 3 rings (SSSR count). The molecule has 0 amide bonds. The zero-order chi connectivity index (χ0) is 23.6. The predicted molar refractivity (Wildman–Crippen MR) is 141 cm³/mol. The van der Waals surface area contributed by atoms with E-state index in [-0.39, 0.29) is 0 Å². The summed E-state index contributed by atoms with van der Waals surface area (Å²) in [5, 5.41) is 10.9. The van der Waals surface area contributed by atoms with E-state index in [1.807, 2.05) is 81.5 Å². The lowest BCUT2D eigenvalue weighted by Gasteiger charge is -2.17. The lowest BCUT2D eigenvalue weighted by atomic mass is 9.96. The molecule has 3 aromatic rings. The van der Waals surface area contributed by atoms with Gasteiger partial charge in [0.15, 0.2) is 0 Å². The summed E-state index contributed by atoms with van der Waals surface area (Å²) in [6.45, 7) is 10.8. The van der Waals surface area contributed by atoms with E-state index in [2.05, 4.69) is 35.1 Å². The number of rotatable bonds is 9. The zero-order valence-corrected chi connectivity index (χ0v) is 19.5. The molecular formula is C29H30N4. The Labute approximate surface area is 196 Å². The average molecular weight is 435 g/mol. The molecule has 33 heavy (non-hydrogen) atoms. The van der Waals surface area contributed by atoms with Crippen molar-refractivity contribution >= 4 is 23.3 Å². The largest absolute Gasteiger partial charge is 0.379 e. The van der Waals surface area contributed by atoms with Gasteiger partial charge in [-0.05, 0) is 67.3 Å². The number of allylic oxidation sites excluding steroid dienone is 4. The fourth-order valence-electron chi connectivity index (χ4n) is 3.53. The number of aliphatic imine (C=N–C) groups is 1. The molecule has 0 bridgehead atoms. The second kappa shape index (κ2) is 11.5. The fourth-order valence-corrected chi connectivity index (χ4v) is 3.53. The minimum Gasteiger partial charge on any atom is -0.379 e. The smallest absolute Gasteiger partial charge is 0.0732 e. The normalized spacial score (nSPS) is 12.4. The molecule has 0 aliphatic heterocycles.